The van der Waals surface area contributed by atoms with E-state index in [1.54, 1.807) is 39.1 Å². The van der Waals surface area contributed by atoms with Crippen LogP contribution in [0, 0.1) is 0 Å². The third-order valence-corrected chi connectivity index (χ3v) is 18.6. The van der Waals surface area contributed by atoms with Crippen LogP contribution in [-0.4, -0.2) is 400 Å². The third kappa shape index (κ3) is 28.3. The molecule has 4 aromatic heterocycles. The van der Waals surface area contributed by atoms with E-state index in [0.717, 1.165) is 0 Å². The van der Waals surface area contributed by atoms with E-state index in [9.17, 15) is 90.4 Å². The van der Waals surface area contributed by atoms with Gasteiger partial charge in [-0.05, 0) is 19.4 Å². The molecule has 644 valence electrons. The zero-order valence-corrected chi connectivity index (χ0v) is 63.8. The van der Waals surface area contributed by atoms with E-state index < -0.39 is 178 Å². The summed E-state index contributed by atoms with van der Waals surface area (Å²) in [7, 11) is 0. The molecule has 0 aliphatic carbocycles. The lowest BCUT2D eigenvalue weighted by Crippen LogP contribution is -2.65. The number of rotatable bonds is 51. The number of aliphatic hydroxyl groups is 12. The number of unbranched alkanes of at least 4 members (excludes halogenated alkanes) is 1. The summed E-state index contributed by atoms with van der Waals surface area (Å²) in [5.74, 6) is -3.28. The zero-order chi connectivity index (χ0) is 82.4. The Balaban J connectivity index is 0.895. The fourth-order valence-corrected chi connectivity index (χ4v) is 13.0. The Morgan fingerprint density at radius 1 is 0.465 bits per heavy atom. The van der Waals surface area contributed by atoms with Crippen LogP contribution in [0.1, 0.15) is 76.2 Å². The minimum atomic E-state index is -2.10. The third-order valence-electron chi connectivity index (χ3n) is 18.6. The van der Waals surface area contributed by atoms with E-state index >= 15 is 0 Å². The molecule has 4 fully saturated rings. The van der Waals surface area contributed by atoms with E-state index in [0.29, 0.717) is 42.2 Å². The van der Waals surface area contributed by atoms with Crippen molar-refractivity contribution in [2.45, 2.75) is 228 Å². The summed E-state index contributed by atoms with van der Waals surface area (Å²) in [6.45, 7) is 4.38. The van der Waals surface area contributed by atoms with Crippen LogP contribution < -0.4 is 21.3 Å². The first-order chi connectivity index (χ1) is 54.7. The molecule has 0 aromatic carbocycles. The van der Waals surface area contributed by atoms with Gasteiger partial charge in [-0.3, -0.25) is 33.8 Å². The molecule has 48 nitrogen and oxygen atoms in total. The van der Waals surface area contributed by atoms with E-state index in [2.05, 4.69) is 62.5 Å². The highest BCUT2D eigenvalue weighted by atomic mass is 16.7. The van der Waals surface area contributed by atoms with Gasteiger partial charge in [-0.1, -0.05) is 27.3 Å². The first-order valence-corrected chi connectivity index (χ1v) is 37.4. The SMILES string of the molecule is CC(=O)NC1C(OCCOCCn2cc(CN(CCCC[C@H](C(=O)O)N(Cc3cn(CCOCCOC4OC(CO)C(O)C(O)C4NC(C)=O)nn3)Cc3cn(CCOCCOC4OC(CO)C(O)CC4(O)NC(C)=O)nn3)Cc3cn(CCOCCOC4OC(CO)C(O)C(O)C4NC(C)=O)nn3)nn2)OC(CO)C(O)C1O. The summed E-state index contributed by atoms with van der Waals surface area (Å²) in [6, 6.07) is -4.53. The van der Waals surface area contributed by atoms with E-state index in [1.165, 1.54) is 37.1 Å². The molecule has 0 saturated carbocycles. The number of ether oxygens (including phenoxy) is 12. The van der Waals surface area contributed by atoms with Crippen molar-refractivity contribution in [2.24, 2.45) is 0 Å². The average Bonchev–Trinajstić information content (AvgIpc) is 1.01. The molecule has 4 saturated heterocycles. The Morgan fingerprint density at radius 3 is 1.13 bits per heavy atom. The molecule has 4 aliphatic heterocycles. The van der Waals surface area contributed by atoms with Gasteiger partial charge >= 0.3 is 5.97 Å². The zero-order valence-electron chi connectivity index (χ0n) is 63.8. The van der Waals surface area contributed by atoms with Gasteiger partial charge in [-0.15, -0.1) is 20.4 Å². The first-order valence-electron chi connectivity index (χ1n) is 37.4. The Labute approximate surface area is 653 Å². The molecule has 8 heterocycles. The van der Waals surface area contributed by atoms with Gasteiger partial charge in [0.1, 0.15) is 85.2 Å². The maximum Gasteiger partial charge on any atom is 0.320 e. The lowest BCUT2D eigenvalue weighted by atomic mass is 9.97. The molecule has 20 atom stereocenters. The molecule has 0 bridgehead atoms. The lowest BCUT2D eigenvalue weighted by molar-refractivity contribution is -0.316. The summed E-state index contributed by atoms with van der Waals surface area (Å²) >= 11 is 0. The van der Waals surface area contributed by atoms with Gasteiger partial charge in [0.25, 0.3) is 0 Å². The molecule has 4 aromatic rings. The molecular weight excluding hydrogens is 1520 g/mol. The summed E-state index contributed by atoms with van der Waals surface area (Å²) in [6.07, 6.45) is -12.6. The second-order valence-corrected chi connectivity index (χ2v) is 27.7. The van der Waals surface area contributed by atoms with Gasteiger partial charge in [0.2, 0.25) is 29.9 Å². The number of aromatic nitrogens is 12. The van der Waals surface area contributed by atoms with Gasteiger partial charge < -0.3 is 144 Å². The number of amides is 4. The minimum Gasteiger partial charge on any atom is -0.480 e. The van der Waals surface area contributed by atoms with Crippen LogP contribution in [0.5, 0.6) is 0 Å². The quantitative estimate of drug-likeness (QED) is 0.0144. The number of nitrogens with one attached hydrogen (secondary N) is 4. The van der Waals surface area contributed by atoms with Crippen molar-refractivity contribution in [1.29, 1.82) is 0 Å². The number of aliphatic carboxylic acids is 1. The number of aliphatic hydroxyl groups excluding tert-OH is 11. The van der Waals surface area contributed by atoms with Crippen LogP contribution >= 0.6 is 0 Å². The fraction of sp³-hybridized carbons (Fsp3) is 0.803. The van der Waals surface area contributed by atoms with Gasteiger partial charge in [-0.2, -0.15) is 0 Å². The number of carbonyl (C=O) groups is 5. The fourth-order valence-electron chi connectivity index (χ4n) is 13.0. The molecule has 17 N–H and O–H groups in total. The number of carboxylic acid groups (broad SMARTS) is 1. The van der Waals surface area contributed by atoms with Crippen LogP contribution in [0.25, 0.3) is 0 Å². The maximum absolute atomic E-state index is 13.6. The normalized spacial score (nSPS) is 28.2. The Hall–Kier alpha value is -7.13. The molecule has 114 heavy (non-hydrogen) atoms. The van der Waals surface area contributed by atoms with Crippen molar-refractivity contribution in [2.75, 3.05) is 112 Å². The standard InChI is InChI=1S/C66H110N18O30/c1-38(89)67-52-58(97)55(94)49(35-86)111-62(52)107-21-17-103-13-9-81-30-42(71-75-81)26-79(27-43-31-82(76-72-43)10-14-104-18-22-108-63-53(68-39(2)90)59(98)56(95)50(36-87)112-63)8-6-5-7-46(61(100)101)80(28-44-32-83(77-73-44)11-15-105-19-23-109-64-54(69-40(3)91)60(99)57(96)51(37-88)113-64)29-45-33-84(78-74-45)12-16-106-20-24-110-65-66(102,70-41(4)92)25-47(93)48(34-85)114-65/h30-33,46-60,62-65,85-88,93-99,102H,5-29,34-37H2,1-4H3,(H,67,89)(H,68,90)(H,69,91)(H,70,92)(H,100,101)/t46-,47?,48?,49?,50?,51?,52?,53?,54?,55?,56?,57?,58?,59?,60?,62?,63?,64?,65?,66?/m1/s1. The van der Waals surface area contributed by atoms with Gasteiger partial charge in [0.05, 0.1) is 161 Å². The molecule has 4 amide bonds. The summed E-state index contributed by atoms with van der Waals surface area (Å²) < 4.78 is 74.6. The molecule has 4 aliphatic rings. The highest BCUT2D eigenvalue weighted by Gasteiger charge is 2.51. The van der Waals surface area contributed by atoms with Crippen LogP contribution in [0.4, 0.5) is 0 Å². The van der Waals surface area contributed by atoms with Crippen LogP contribution in [-0.2, 0) is 133 Å². The molecule has 8 rings (SSSR count). The monoisotopic (exact) mass is 1630 g/mol. The number of carboxylic acids is 1. The second kappa shape index (κ2) is 46.7. The van der Waals surface area contributed by atoms with Crippen molar-refractivity contribution in [3.05, 3.63) is 47.6 Å². The highest BCUT2D eigenvalue weighted by molar-refractivity contribution is 5.75. The average molecular weight is 1640 g/mol. The number of nitrogens with zero attached hydrogens (tertiary/aromatic N) is 14. The van der Waals surface area contributed by atoms with Gasteiger partial charge in [-0.25, -0.2) is 18.7 Å². The van der Waals surface area contributed by atoms with Crippen molar-refractivity contribution in [3.8, 4) is 0 Å². The van der Waals surface area contributed by atoms with Crippen molar-refractivity contribution >= 4 is 29.6 Å². The van der Waals surface area contributed by atoms with Crippen LogP contribution in [0.2, 0.25) is 0 Å². The van der Waals surface area contributed by atoms with Crippen molar-refractivity contribution in [3.63, 3.8) is 0 Å². The Bertz CT molecular complexity index is 3410. The molecule has 0 radical (unpaired) electrons. The molecule has 48 heteroatoms. The van der Waals surface area contributed by atoms with Gasteiger partial charge in [0, 0.05) is 85.1 Å². The largest absolute Gasteiger partial charge is 0.480 e. The highest BCUT2D eigenvalue weighted by Crippen LogP contribution is 2.30. The summed E-state index contributed by atoms with van der Waals surface area (Å²) in [5.41, 5.74) is -0.197. The molecular formula is C66H110N18O30. The minimum absolute atomic E-state index is 0.0124. The number of hydrogen-bond donors (Lipinski definition) is 17. The van der Waals surface area contributed by atoms with Crippen LogP contribution in [0.15, 0.2) is 24.8 Å². The number of carbonyl (C=O) groups excluding carboxylic acids is 4. The van der Waals surface area contributed by atoms with Crippen molar-refractivity contribution in [1.82, 2.24) is 91.0 Å². The number of hydrogen-bond acceptors (Lipinski definition) is 39. The summed E-state index contributed by atoms with van der Waals surface area (Å²) in [4.78, 5) is 64.8. The molecule has 19 unspecified atom stereocenters. The predicted octanol–water partition coefficient (Wildman–Crippen LogP) is -10.4. The van der Waals surface area contributed by atoms with E-state index in [-0.39, 0.29) is 144 Å². The first kappa shape index (κ1) is 92.4. The lowest BCUT2D eigenvalue weighted by Gasteiger charge is -2.44. The predicted molar refractivity (Wildman–Crippen MR) is 377 cm³/mol. The summed E-state index contributed by atoms with van der Waals surface area (Å²) in [5, 5.41) is 179. The van der Waals surface area contributed by atoms with Crippen molar-refractivity contribution < 1.29 is 147 Å². The van der Waals surface area contributed by atoms with E-state index in [4.69, 9.17) is 56.8 Å². The second-order valence-electron chi connectivity index (χ2n) is 27.7. The van der Waals surface area contributed by atoms with Gasteiger partial charge in [0.15, 0.2) is 24.6 Å². The Kier molecular flexibility index (Phi) is 37.9. The van der Waals surface area contributed by atoms with Crippen LogP contribution in [0.3, 0.4) is 0 Å². The topological polar surface area (TPSA) is 637 Å². The maximum atomic E-state index is 13.6. The smallest absolute Gasteiger partial charge is 0.320 e. The molecule has 0 spiro atoms. The van der Waals surface area contributed by atoms with E-state index in [1.807, 2.05) is 4.90 Å². The Morgan fingerprint density at radius 2 is 0.807 bits per heavy atom.